The molecule has 132 valence electrons. The number of para-hydroxylation sites is 1. The minimum absolute atomic E-state index is 0.0277. The van der Waals surface area contributed by atoms with Gasteiger partial charge in [-0.3, -0.25) is 4.79 Å². The second kappa shape index (κ2) is 8.42. The maximum Gasteiger partial charge on any atom is 0.220 e. The van der Waals surface area contributed by atoms with Gasteiger partial charge in [-0.1, -0.05) is 18.2 Å². The van der Waals surface area contributed by atoms with Gasteiger partial charge in [-0.2, -0.15) is 0 Å². The lowest BCUT2D eigenvalue weighted by Gasteiger charge is -2.26. The number of methoxy groups -OCH3 is 1. The van der Waals surface area contributed by atoms with Gasteiger partial charge in [0.2, 0.25) is 5.91 Å². The van der Waals surface area contributed by atoms with Crippen LogP contribution >= 0.6 is 0 Å². The molecule has 1 amide bonds. The number of rotatable bonds is 7. The molecule has 5 nitrogen and oxygen atoms in total. The molecule has 1 N–H and O–H groups in total. The fourth-order valence-electron chi connectivity index (χ4n) is 2.85. The Morgan fingerprint density at radius 1 is 1.16 bits per heavy atom. The van der Waals surface area contributed by atoms with Crippen LogP contribution in [-0.2, 0) is 4.79 Å². The van der Waals surface area contributed by atoms with Crippen LogP contribution in [0.15, 0.2) is 48.5 Å². The van der Waals surface area contributed by atoms with Crippen molar-refractivity contribution in [2.45, 2.75) is 25.3 Å². The average molecular weight is 341 g/mol. The minimum Gasteiger partial charge on any atom is -0.497 e. The minimum atomic E-state index is 0.0277. The lowest BCUT2D eigenvalue weighted by molar-refractivity contribution is -0.122. The molecule has 0 aliphatic carbocycles. The van der Waals surface area contributed by atoms with Gasteiger partial charge in [0.25, 0.3) is 0 Å². The zero-order valence-electron chi connectivity index (χ0n) is 14.4. The third-order valence-electron chi connectivity index (χ3n) is 4.17. The molecule has 1 heterocycles. The standard InChI is InChI=1S/C20H23NO4/c1-23-15-8-10-16(11-9-15)24-13-4-7-20(22)21-18-12-14-25-19-6-3-2-5-17(18)19/h2-3,5-6,8-11,18H,4,7,12-14H2,1H3,(H,21,22)/t18-/m0/s1. The van der Waals surface area contributed by atoms with Crippen LogP contribution in [-0.4, -0.2) is 26.2 Å². The lowest BCUT2D eigenvalue weighted by Crippen LogP contribution is -2.32. The van der Waals surface area contributed by atoms with E-state index in [9.17, 15) is 4.79 Å². The van der Waals surface area contributed by atoms with Gasteiger partial charge < -0.3 is 19.5 Å². The Labute approximate surface area is 147 Å². The van der Waals surface area contributed by atoms with Crippen molar-refractivity contribution in [3.63, 3.8) is 0 Å². The van der Waals surface area contributed by atoms with Crippen molar-refractivity contribution in [2.24, 2.45) is 0 Å². The van der Waals surface area contributed by atoms with Crippen LogP contribution in [0, 0.1) is 0 Å². The summed E-state index contributed by atoms with van der Waals surface area (Å²) in [7, 11) is 1.63. The summed E-state index contributed by atoms with van der Waals surface area (Å²) in [6.07, 6.45) is 1.91. The van der Waals surface area contributed by atoms with E-state index in [0.717, 1.165) is 29.2 Å². The number of benzene rings is 2. The molecule has 0 bridgehead atoms. The highest BCUT2D eigenvalue weighted by Gasteiger charge is 2.22. The van der Waals surface area contributed by atoms with E-state index in [0.29, 0.717) is 26.1 Å². The highest BCUT2D eigenvalue weighted by Crippen LogP contribution is 2.31. The van der Waals surface area contributed by atoms with Crippen molar-refractivity contribution < 1.29 is 19.0 Å². The van der Waals surface area contributed by atoms with E-state index in [1.807, 2.05) is 48.5 Å². The van der Waals surface area contributed by atoms with Crippen LogP contribution in [0.4, 0.5) is 0 Å². The third-order valence-corrected chi connectivity index (χ3v) is 4.17. The van der Waals surface area contributed by atoms with Crippen LogP contribution in [0.5, 0.6) is 17.2 Å². The molecule has 5 heteroatoms. The molecule has 1 atom stereocenters. The van der Waals surface area contributed by atoms with Crippen molar-refractivity contribution >= 4 is 5.91 Å². The quantitative estimate of drug-likeness (QED) is 0.783. The highest BCUT2D eigenvalue weighted by molar-refractivity contribution is 5.76. The summed E-state index contributed by atoms with van der Waals surface area (Å²) in [6, 6.07) is 15.3. The van der Waals surface area contributed by atoms with Crippen LogP contribution in [0.1, 0.15) is 30.9 Å². The fourth-order valence-corrected chi connectivity index (χ4v) is 2.85. The van der Waals surface area contributed by atoms with Gasteiger partial charge in [0.05, 0.1) is 26.4 Å². The van der Waals surface area contributed by atoms with Crippen LogP contribution in [0.25, 0.3) is 0 Å². The van der Waals surface area contributed by atoms with Gasteiger partial charge in [-0.25, -0.2) is 0 Å². The summed E-state index contributed by atoms with van der Waals surface area (Å²) < 4.78 is 16.4. The molecule has 1 aliphatic heterocycles. The first-order valence-corrected chi connectivity index (χ1v) is 8.54. The second-order valence-electron chi connectivity index (χ2n) is 5.92. The molecular weight excluding hydrogens is 318 g/mol. The number of hydrogen-bond acceptors (Lipinski definition) is 4. The maximum atomic E-state index is 12.2. The molecule has 3 rings (SSSR count). The third kappa shape index (κ3) is 4.66. The highest BCUT2D eigenvalue weighted by atomic mass is 16.5. The van der Waals surface area contributed by atoms with Crippen LogP contribution in [0.3, 0.4) is 0 Å². The first kappa shape index (κ1) is 17.1. The van der Waals surface area contributed by atoms with Crippen molar-refractivity contribution in [2.75, 3.05) is 20.3 Å². The van der Waals surface area contributed by atoms with Gasteiger partial charge in [0.15, 0.2) is 0 Å². The summed E-state index contributed by atoms with van der Waals surface area (Å²) in [4.78, 5) is 12.2. The molecule has 1 aliphatic rings. The van der Waals surface area contributed by atoms with Gasteiger partial charge in [-0.05, 0) is 36.8 Å². The van der Waals surface area contributed by atoms with E-state index in [1.165, 1.54) is 0 Å². The van der Waals surface area contributed by atoms with Crippen molar-refractivity contribution in [3.05, 3.63) is 54.1 Å². The van der Waals surface area contributed by atoms with Crippen molar-refractivity contribution in [1.82, 2.24) is 5.32 Å². The predicted octanol–water partition coefficient (Wildman–Crippen LogP) is 3.49. The number of carbonyl (C=O) groups is 1. The maximum absolute atomic E-state index is 12.2. The smallest absolute Gasteiger partial charge is 0.220 e. The Kier molecular flexibility index (Phi) is 5.77. The largest absolute Gasteiger partial charge is 0.497 e. The second-order valence-corrected chi connectivity index (χ2v) is 5.92. The first-order valence-electron chi connectivity index (χ1n) is 8.54. The average Bonchev–Trinajstić information content (AvgIpc) is 2.66. The Hall–Kier alpha value is -2.69. The van der Waals surface area contributed by atoms with Crippen molar-refractivity contribution in [1.29, 1.82) is 0 Å². The molecular formula is C20H23NO4. The van der Waals surface area contributed by atoms with E-state index >= 15 is 0 Å². The monoisotopic (exact) mass is 341 g/mol. The molecule has 0 unspecified atom stereocenters. The number of amides is 1. The van der Waals surface area contributed by atoms with E-state index in [1.54, 1.807) is 7.11 Å². The summed E-state index contributed by atoms with van der Waals surface area (Å²) in [5, 5.41) is 3.10. The molecule has 0 saturated carbocycles. The van der Waals surface area contributed by atoms with E-state index in [2.05, 4.69) is 5.32 Å². The van der Waals surface area contributed by atoms with Crippen molar-refractivity contribution in [3.8, 4) is 17.2 Å². The van der Waals surface area contributed by atoms with Gasteiger partial charge in [0, 0.05) is 18.4 Å². The number of hydrogen-bond donors (Lipinski definition) is 1. The number of ether oxygens (including phenoxy) is 3. The molecule has 0 fully saturated rings. The number of carbonyl (C=O) groups excluding carboxylic acids is 1. The molecule has 2 aromatic rings. The summed E-state index contributed by atoms with van der Waals surface area (Å²) >= 11 is 0. The van der Waals surface area contributed by atoms with Crippen LogP contribution < -0.4 is 19.5 Å². The zero-order valence-corrected chi connectivity index (χ0v) is 14.4. The summed E-state index contributed by atoms with van der Waals surface area (Å²) in [5.41, 5.74) is 1.05. The predicted molar refractivity (Wildman–Crippen MR) is 95.2 cm³/mol. The number of fused-ring (bicyclic) bond motifs is 1. The van der Waals surface area contributed by atoms with Gasteiger partial charge in [0.1, 0.15) is 17.2 Å². The first-order chi connectivity index (χ1) is 12.3. The van der Waals surface area contributed by atoms with E-state index < -0.39 is 0 Å². The molecule has 0 radical (unpaired) electrons. The molecule has 2 aromatic carbocycles. The summed E-state index contributed by atoms with van der Waals surface area (Å²) in [6.45, 7) is 1.13. The summed E-state index contributed by atoms with van der Waals surface area (Å²) in [5.74, 6) is 2.48. The lowest BCUT2D eigenvalue weighted by atomic mass is 10.0. The Morgan fingerprint density at radius 3 is 2.72 bits per heavy atom. The molecule has 0 saturated heterocycles. The van der Waals surface area contributed by atoms with Crippen LogP contribution in [0.2, 0.25) is 0 Å². The topological polar surface area (TPSA) is 56.8 Å². The Bertz CT molecular complexity index is 699. The molecule has 0 aromatic heterocycles. The molecule has 25 heavy (non-hydrogen) atoms. The molecule has 0 spiro atoms. The van der Waals surface area contributed by atoms with E-state index in [-0.39, 0.29) is 11.9 Å². The van der Waals surface area contributed by atoms with Gasteiger partial charge >= 0.3 is 0 Å². The normalized spacial score (nSPS) is 15.6. The van der Waals surface area contributed by atoms with Gasteiger partial charge in [-0.15, -0.1) is 0 Å². The number of nitrogens with one attached hydrogen (secondary N) is 1. The Morgan fingerprint density at radius 2 is 1.92 bits per heavy atom. The zero-order chi connectivity index (χ0) is 17.5. The fraction of sp³-hybridized carbons (Fsp3) is 0.350. The Balaban J connectivity index is 1.41. The van der Waals surface area contributed by atoms with E-state index in [4.69, 9.17) is 14.2 Å². The SMILES string of the molecule is COc1ccc(OCCCC(=O)N[C@H]2CCOc3ccccc32)cc1.